The van der Waals surface area contributed by atoms with Crippen molar-refractivity contribution in [2.45, 2.75) is 19.6 Å². The lowest BCUT2D eigenvalue weighted by Gasteiger charge is -2.31. The molecule has 2 N–H and O–H groups in total. The van der Waals surface area contributed by atoms with Crippen LogP contribution in [0.3, 0.4) is 0 Å². The molecule has 0 aliphatic carbocycles. The predicted octanol–water partition coefficient (Wildman–Crippen LogP) is 2.27. The molecule has 1 aliphatic rings. The number of carboxylic acid groups (broad SMARTS) is 1. The number of amides is 3. The summed E-state index contributed by atoms with van der Waals surface area (Å²) >= 11 is 0. The number of carbonyl (C=O) groups is 3. The molecule has 0 spiro atoms. The maximum atomic E-state index is 12.7. The summed E-state index contributed by atoms with van der Waals surface area (Å²) in [5.41, 5.74) is 1.82. The number of benzene rings is 1. The van der Waals surface area contributed by atoms with E-state index in [-0.39, 0.29) is 30.6 Å². The number of anilines is 1. The summed E-state index contributed by atoms with van der Waals surface area (Å²) in [6.07, 6.45) is 3.27. The zero-order valence-electron chi connectivity index (χ0n) is 16.6. The van der Waals surface area contributed by atoms with E-state index in [9.17, 15) is 14.4 Å². The Morgan fingerprint density at radius 2 is 1.84 bits per heavy atom. The molecule has 10 nitrogen and oxygen atoms in total. The second kappa shape index (κ2) is 8.27. The lowest BCUT2D eigenvalue weighted by atomic mass is 10.1. The largest absolute Gasteiger partial charge is 0.478 e. The molecule has 4 rings (SSSR count). The Hall–Kier alpha value is -4.21. The summed E-state index contributed by atoms with van der Waals surface area (Å²) in [7, 11) is 1.56. The number of pyridine rings is 1. The van der Waals surface area contributed by atoms with Crippen molar-refractivity contribution >= 4 is 23.7 Å². The van der Waals surface area contributed by atoms with Crippen LogP contribution in [0.1, 0.15) is 37.9 Å². The van der Waals surface area contributed by atoms with Gasteiger partial charge in [0.15, 0.2) is 11.6 Å². The van der Waals surface area contributed by atoms with Crippen molar-refractivity contribution in [2.24, 2.45) is 0 Å². The SMILES string of the molecule is CN1C(=O)N(Cc2ccc(C(=O)O)cc2)Cc2oc(C(=O)NCc3ccncc3)nc21. The number of nitrogens with one attached hydrogen (secondary N) is 1. The number of nitrogens with zero attached hydrogens (tertiary/aromatic N) is 4. The van der Waals surface area contributed by atoms with Gasteiger partial charge in [-0.05, 0) is 35.4 Å². The van der Waals surface area contributed by atoms with Crippen molar-refractivity contribution in [3.05, 3.63) is 77.1 Å². The first kappa shape index (κ1) is 20.1. The number of fused-ring (bicyclic) bond motifs is 1. The van der Waals surface area contributed by atoms with Crippen molar-refractivity contribution in [1.29, 1.82) is 0 Å². The average Bonchev–Trinajstić information content (AvgIpc) is 3.21. The quantitative estimate of drug-likeness (QED) is 0.625. The molecule has 0 saturated carbocycles. The molecule has 1 aromatic carbocycles. The van der Waals surface area contributed by atoms with Gasteiger partial charge in [0.25, 0.3) is 5.89 Å². The van der Waals surface area contributed by atoms with E-state index in [4.69, 9.17) is 9.52 Å². The van der Waals surface area contributed by atoms with Gasteiger partial charge >= 0.3 is 17.9 Å². The highest BCUT2D eigenvalue weighted by molar-refractivity contribution is 5.95. The highest BCUT2D eigenvalue weighted by Crippen LogP contribution is 2.29. The zero-order valence-corrected chi connectivity index (χ0v) is 16.6. The first-order valence-electron chi connectivity index (χ1n) is 9.44. The summed E-state index contributed by atoms with van der Waals surface area (Å²) in [4.78, 5) is 47.1. The van der Waals surface area contributed by atoms with Gasteiger partial charge in [-0.15, -0.1) is 0 Å². The highest BCUT2D eigenvalue weighted by Gasteiger charge is 2.33. The van der Waals surface area contributed by atoms with E-state index < -0.39 is 11.9 Å². The minimum absolute atomic E-state index is 0.119. The Balaban J connectivity index is 1.46. The lowest BCUT2D eigenvalue weighted by Crippen LogP contribution is -2.44. The standard InChI is InChI=1S/C21H19N5O5/c1-25-17-16(31-19(24-17)18(27)23-10-13-6-8-22-9-7-13)12-26(21(25)30)11-14-2-4-15(5-3-14)20(28)29/h2-9H,10-12H2,1H3,(H,23,27)(H,28,29). The first-order valence-corrected chi connectivity index (χ1v) is 9.44. The van der Waals surface area contributed by atoms with E-state index >= 15 is 0 Å². The molecule has 3 aromatic rings. The fourth-order valence-corrected chi connectivity index (χ4v) is 3.20. The van der Waals surface area contributed by atoms with Gasteiger partial charge in [-0.3, -0.25) is 14.7 Å². The molecule has 0 bridgehead atoms. The molecular weight excluding hydrogens is 402 g/mol. The molecule has 10 heteroatoms. The number of urea groups is 1. The van der Waals surface area contributed by atoms with Crippen molar-refractivity contribution in [3.63, 3.8) is 0 Å². The molecule has 0 fully saturated rings. The molecule has 158 valence electrons. The normalized spacial score (nSPS) is 13.1. The molecule has 3 heterocycles. The summed E-state index contributed by atoms with van der Waals surface area (Å²) in [6.45, 7) is 0.693. The van der Waals surface area contributed by atoms with Gasteiger partial charge in [-0.25, -0.2) is 9.59 Å². The molecule has 0 radical (unpaired) electrons. The van der Waals surface area contributed by atoms with Crippen LogP contribution in [0, 0.1) is 0 Å². The molecule has 0 atom stereocenters. The van der Waals surface area contributed by atoms with Crippen molar-refractivity contribution in [2.75, 3.05) is 11.9 Å². The fourth-order valence-electron chi connectivity index (χ4n) is 3.20. The number of aromatic carboxylic acids is 1. The van der Waals surface area contributed by atoms with Crippen LogP contribution in [0.5, 0.6) is 0 Å². The van der Waals surface area contributed by atoms with E-state index in [0.29, 0.717) is 18.1 Å². The van der Waals surface area contributed by atoms with Crippen LogP contribution in [0.2, 0.25) is 0 Å². The second-order valence-corrected chi connectivity index (χ2v) is 7.00. The van der Waals surface area contributed by atoms with E-state index in [1.165, 1.54) is 21.9 Å². The lowest BCUT2D eigenvalue weighted by molar-refractivity contribution is 0.0696. The number of rotatable bonds is 6. The summed E-state index contributed by atoms with van der Waals surface area (Å²) < 4.78 is 5.64. The van der Waals surface area contributed by atoms with E-state index in [1.54, 1.807) is 43.7 Å². The first-order chi connectivity index (χ1) is 14.9. The van der Waals surface area contributed by atoms with Crippen LogP contribution >= 0.6 is 0 Å². The summed E-state index contributed by atoms with van der Waals surface area (Å²) in [5.74, 6) is -0.912. The van der Waals surface area contributed by atoms with Gasteiger partial charge in [0.2, 0.25) is 0 Å². The van der Waals surface area contributed by atoms with Crippen LogP contribution in [-0.4, -0.2) is 44.9 Å². The fraction of sp³-hybridized carbons (Fsp3) is 0.190. The van der Waals surface area contributed by atoms with Crippen molar-refractivity contribution in [1.82, 2.24) is 20.2 Å². The maximum absolute atomic E-state index is 12.7. The number of oxazole rings is 1. The third-order valence-corrected chi connectivity index (χ3v) is 4.86. The van der Waals surface area contributed by atoms with E-state index in [1.807, 2.05) is 0 Å². The third kappa shape index (κ3) is 4.22. The number of hydrogen-bond donors (Lipinski definition) is 2. The van der Waals surface area contributed by atoms with Gasteiger partial charge < -0.3 is 19.7 Å². The van der Waals surface area contributed by atoms with Crippen LogP contribution in [0.15, 0.2) is 53.2 Å². The Morgan fingerprint density at radius 3 is 2.52 bits per heavy atom. The average molecular weight is 421 g/mol. The number of aromatic nitrogens is 2. The van der Waals surface area contributed by atoms with Crippen molar-refractivity contribution < 1.29 is 23.9 Å². The van der Waals surface area contributed by atoms with E-state index in [0.717, 1.165) is 11.1 Å². The van der Waals surface area contributed by atoms with Crippen LogP contribution in [0.25, 0.3) is 0 Å². The summed E-state index contributed by atoms with van der Waals surface area (Å²) in [6, 6.07) is 9.56. The summed E-state index contributed by atoms with van der Waals surface area (Å²) in [5, 5.41) is 11.7. The molecule has 0 unspecified atom stereocenters. The minimum Gasteiger partial charge on any atom is -0.478 e. The minimum atomic E-state index is -1.01. The maximum Gasteiger partial charge on any atom is 0.335 e. The van der Waals surface area contributed by atoms with Gasteiger partial charge in [-0.1, -0.05) is 12.1 Å². The van der Waals surface area contributed by atoms with Gasteiger partial charge in [0.05, 0.1) is 12.1 Å². The second-order valence-electron chi connectivity index (χ2n) is 7.00. The molecule has 1 aliphatic heterocycles. The highest BCUT2D eigenvalue weighted by atomic mass is 16.4. The van der Waals surface area contributed by atoms with Gasteiger partial charge in [0, 0.05) is 32.5 Å². The predicted molar refractivity (Wildman–Crippen MR) is 108 cm³/mol. The molecule has 2 aromatic heterocycles. The van der Waals surface area contributed by atoms with E-state index in [2.05, 4.69) is 15.3 Å². The number of carbonyl (C=O) groups excluding carboxylic acids is 2. The Bertz CT molecular complexity index is 1130. The molecule has 0 saturated heterocycles. The van der Waals surface area contributed by atoms with Gasteiger partial charge in [-0.2, -0.15) is 4.98 Å². The smallest absolute Gasteiger partial charge is 0.335 e. The van der Waals surface area contributed by atoms with Crippen molar-refractivity contribution in [3.8, 4) is 0 Å². The third-order valence-electron chi connectivity index (χ3n) is 4.86. The van der Waals surface area contributed by atoms with Crippen LogP contribution < -0.4 is 10.2 Å². The number of carboxylic acids is 1. The molecule has 3 amide bonds. The Labute approximate surface area is 177 Å². The molecular formula is C21H19N5O5. The topological polar surface area (TPSA) is 129 Å². The Kier molecular flexibility index (Phi) is 5.35. The monoisotopic (exact) mass is 421 g/mol. The van der Waals surface area contributed by atoms with Crippen LogP contribution in [-0.2, 0) is 19.6 Å². The number of hydrogen-bond acceptors (Lipinski definition) is 6. The van der Waals surface area contributed by atoms with Crippen LogP contribution in [0.4, 0.5) is 10.6 Å². The Morgan fingerprint density at radius 1 is 1.13 bits per heavy atom. The zero-order chi connectivity index (χ0) is 22.0. The molecule has 31 heavy (non-hydrogen) atoms. The van der Waals surface area contributed by atoms with Gasteiger partial charge in [0.1, 0.15) is 0 Å².